The van der Waals surface area contributed by atoms with Gasteiger partial charge >= 0.3 is 5.97 Å². The molecule has 34 heavy (non-hydrogen) atoms. The molecular formula is C25H32N4O4S. The predicted octanol–water partition coefficient (Wildman–Crippen LogP) is 3.61. The first-order valence-electron chi connectivity index (χ1n) is 11.6. The van der Waals surface area contributed by atoms with Gasteiger partial charge in [-0.1, -0.05) is 0 Å². The van der Waals surface area contributed by atoms with Gasteiger partial charge < -0.3 is 24.4 Å². The van der Waals surface area contributed by atoms with Gasteiger partial charge in [-0.25, -0.2) is 4.98 Å². The highest BCUT2D eigenvalue weighted by Gasteiger charge is 2.34. The Morgan fingerprint density at radius 2 is 2.21 bits per heavy atom. The normalized spacial score (nSPS) is 19.9. The molecule has 0 amide bonds. The maximum Gasteiger partial charge on any atom is 0.308 e. The highest BCUT2D eigenvalue weighted by Crippen LogP contribution is 2.34. The molecule has 0 bridgehead atoms. The first-order valence-corrected chi connectivity index (χ1v) is 12.6. The Balaban J connectivity index is 1.34. The number of ether oxygens (including phenoxy) is 1. The molecule has 0 saturated carbocycles. The van der Waals surface area contributed by atoms with Gasteiger partial charge in [-0.3, -0.25) is 9.78 Å². The van der Waals surface area contributed by atoms with Crippen LogP contribution >= 0.6 is 11.8 Å². The number of carbonyl (C=O) groups is 1. The number of likely N-dealkylation sites (tertiary alicyclic amines) is 1. The number of aliphatic carboxylic acids is 1. The first kappa shape index (κ1) is 24.5. The zero-order valence-corrected chi connectivity index (χ0v) is 20.4. The molecule has 1 aliphatic rings. The minimum absolute atomic E-state index is 0.0516. The van der Waals surface area contributed by atoms with Crippen LogP contribution in [0, 0.1) is 11.8 Å². The molecule has 182 valence electrons. The third kappa shape index (κ3) is 5.71. The maximum atomic E-state index is 12.0. The Kier molecular flexibility index (Phi) is 8.07. The van der Waals surface area contributed by atoms with Gasteiger partial charge in [0.25, 0.3) is 0 Å². The lowest BCUT2D eigenvalue weighted by atomic mass is 9.81. The van der Waals surface area contributed by atoms with Crippen LogP contribution in [0.5, 0.6) is 5.75 Å². The van der Waals surface area contributed by atoms with Gasteiger partial charge in [0, 0.05) is 37.5 Å². The first-order chi connectivity index (χ1) is 16.5. The van der Waals surface area contributed by atoms with Crippen molar-refractivity contribution in [3.05, 3.63) is 48.5 Å². The molecule has 1 fully saturated rings. The number of aliphatic hydroxyl groups is 1. The quantitative estimate of drug-likeness (QED) is 0.421. The van der Waals surface area contributed by atoms with E-state index in [1.54, 1.807) is 31.4 Å². The molecule has 3 atom stereocenters. The van der Waals surface area contributed by atoms with Gasteiger partial charge in [-0.05, 0) is 61.6 Å². The Morgan fingerprint density at radius 1 is 1.35 bits per heavy atom. The van der Waals surface area contributed by atoms with E-state index in [4.69, 9.17) is 4.74 Å². The van der Waals surface area contributed by atoms with Gasteiger partial charge in [0.05, 0.1) is 42.2 Å². The van der Waals surface area contributed by atoms with E-state index >= 15 is 0 Å². The fourth-order valence-electron chi connectivity index (χ4n) is 4.75. The summed E-state index contributed by atoms with van der Waals surface area (Å²) in [5.74, 6) is 0.498. The number of hydrogen-bond donors (Lipinski definition) is 2. The lowest BCUT2D eigenvalue weighted by molar-refractivity contribution is -0.146. The van der Waals surface area contributed by atoms with Crippen LogP contribution in [0.2, 0.25) is 0 Å². The Hall–Kier alpha value is -2.62. The van der Waals surface area contributed by atoms with Crippen LogP contribution in [0.4, 0.5) is 0 Å². The van der Waals surface area contributed by atoms with Crippen molar-refractivity contribution in [3.63, 3.8) is 0 Å². The lowest BCUT2D eigenvalue weighted by Crippen LogP contribution is -2.44. The van der Waals surface area contributed by atoms with E-state index in [0.29, 0.717) is 25.1 Å². The van der Waals surface area contributed by atoms with Crippen LogP contribution in [-0.2, 0) is 11.8 Å². The number of carboxylic acid groups (broad SMARTS) is 1. The van der Waals surface area contributed by atoms with Crippen LogP contribution in [-0.4, -0.2) is 68.1 Å². The van der Waals surface area contributed by atoms with Crippen molar-refractivity contribution in [3.8, 4) is 5.75 Å². The van der Waals surface area contributed by atoms with E-state index in [0.717, 1.165) is 46.8 Å². The number of piperidine rings is 1. The third-order valence-electron chi connectivity index (χ3n) is 6.74. The Labute approximate surface area is 204 Å². The summed E-state index contributed by atoms with van der Waals surface area (Å²) in [7, 11) is 3.59. The number of fused-ring (bicyclic) bond motifs is 1. The van der Waals surface area contributed by atoms with Crippen molar-refractivity contribution < 1.29 is 19.7 Å². The summed E-state index contributed by atoms with van der Waals surface area (Å²) in [5.41, 5.74) is 1.61. The number of aryl methyl sites for hydroxylation is 1. The molecule has 1 unspecified atom stereocenters. The number of hydrogen-bond acceptors (Lipinski definition) is 7. The SMILES string of the molecule is COc1ccc2nccc(C(O)CC[C@@H]3CCN(CCSc4cncn4C)C[C@@H]3C(=O)O)c2c1. The highest BCUT2D eigenvalue weighted by molar-refractivity contribution is 7.99. The minimum Gasteiger partial charge on any atom is -0.497 e. The molecule has 1 saturated heterocycles. The van der Waals surface area contributed by atoms with Crippen LogP contribution in [0.3, 0.4) is 0 Å². The Bertz CT molecular complexity index is 1120. The minimum atomic E-state index is -0.748. The van der Waals surface area contributed by atoms with E-state index in [9.17, 15) is 15.0 Å². The van der Waals surface area contributed by atoms with Crippen molar-refractivity contribution in [2.45, 2.75) is 30.4 Å². The lowest BCUT2D eigenvalue weighted by Gasteiger charge is -2.36. The van der Waals surface area contributed by atoms with Gasteiger partial charge in [-0.2, -0.15) is 0 Å². The van der Waals surface area contributed by atoms with Crippen LogP contribution < -0.4 is 4.74 Å². The topological polar surface area (TPSA) is 101 Å². The summed E-state index contributed by atoms with van der Waals surface area (Å²) in [6, 6.07) is 7.46. The second kappa shape index (κ2) is 11.2. The summed E-state index contributed by atoms with van der Waals surface area (Å²) in [4.78, 5) is 22.8. The van der Waals surface area contributed by atoms with Crippen LogP contribution in [0.25, 0.3) is 10.9 Å². The molecule has 0 aliphatic carbocycles. The second-order valence-electron chi connectivity index (χ2n) is 8.86. The average molecular weight is 485 g/mol. The maximum absolute atomic E-state index is 12.0. The molecule has 0 spiro atoms. The van der Waals surface area contributed by atoms with Gasteiger partial charge in [0.1, 0.15) is 5.75 Å². The monoisotopic (exact) mass is 484 g/mol. The molecule has 0 radical (unpaired) electrons. The molecule has 3 heterocycles. The number of benzene rings is 1. The molecule has 9 heteroatoms. The summed E-state index contributed by atoms with van der Waals surface area (Å²) >= 11 is 1.74. The predicted molar refractivity (Wildman–Crippen MR) is 132 cm³/mol. The fourth-order valence-corrected chi connectivity index (χ4v) is 5.70. The number of aliphatic hydroxyl groups excluding tert-OH is 1. The van der Waals surface area contributed by atoms with E-state index in [2.05, 4.69) is 14.9 Å². The number of aromatic nitrogens is 3. The van der Waals surface area contributed by atoms with Crippen LogP contribution in [0.1, 0.15) is 30.9 Å². The molecular weight excluding hydrogens is 452 g/mol. The standard InChI is InChI=1S/C25H32N4O4S/c1-28-16-26-14-24(28)34-12-11-29-10-8-17(21(15-29)25(31)32)3-6-23(30)19-7-9-27-22-5-4-18(33-2)13-20(19)22/h4-5,7,9,13-14,16-17,21,23,30H,3,6,8,10-12,15H2,1-2H3,(H,31,32)/t17-,21+,23?/m1/s1. The Morgan fingerprint density at radius 3 is 2.94 bits per heavy atom. The number of rotatable bonds is 10. The number of imidazole rings is 1. The summed E-state index contributed by atoms with van der Waals surface area (Å²) in [5, 5.41) is 22.9. The van der Waals surface area contributed by atoms with Gasteiger partial charge in [0.15, 0.2) is 0 Å². The number of nitrogens with zero attached hydrogens (tertiary/aromatic N) is 4. The van der Waals surface area contributed by atoms with Gasteiger partial charge in [0.2, 0.25) is 0 Å². The molecule has 1 aromatic carbocycles. The highest BCUT2D eigenvalue weighted by atomic mass is 32.2. The van der Waals surface area contributed by atoms with E-state index in [-0.39, 0.29) is 5.92 Å². The zero-order chi connectivity index (χ0) is 24.1. The molecule has 1 aliphatic heterocycles. The number of pyridine rings is 1. The summed E-state index contributed by atoms with van der Waals surface area (Å²) < 4.78 is 7.32. The number of carboxylic acids is 1. The zero-order valence-electron chi connectivity index (χ0n) is 19.6. The molecule has 4 rings (SSSR count). The summed E-state index contributed by atoms with van der Waals surface area (Å²) in [6.07, 6.45) is 6.67. The van der Waals surface area contributed by atoms with E-state index in [1.165, 1.54) is 0 Å². The van der Waals surface area contributed by atoms with Crippen molar-refractivity contribution in [2.75, 3.05) is 32.5 Å². The fraction of sp³-hybridized carbons (Fsp3) is 0.480. The average Bonchev–Trinajstić information content (AvgIpc) is 3.26. The molecule has 2 aromatic heterocycles. The second-order valence-corrected chi connectivity index (χ2v) is 9.98. The largest absolute Gasteiger partial charge is 0.497 e. The van der Waals surface area contributed by atoms with Gasteiger partial charge in [-0.15, -0.1) is 11.8 Å². The smallest absolute Gasteiger partial charge is 0.308 e. The van der Waals surface area contributed by atoms with Crippen molar-refractivity contribution in [1.29, 1.82) is 0 Å². The molecule has 8 nitrogen and oxygen atoms in total. The van der Waals surface area contributed by atoms with E-state index in [1.807, 2.05) is 42.1 Å². The van der Waals surface area contributed by atoms with Crippen molar-refractivity contribution in [1.82, 2.24) is 19.4 Å². The molecule has 2 N–H and O–H groups in total. The molecule has 3 aromatic rings. The third-order valence-corrected chi connectivity index (χ3v) is 7.82. The number of thioether (sulfide) groups is 1. The van der Waals surface area contributed by atoms with Crippen molar-refractivity contribution >= 4 is 28.6 Å². The number of methoxy groups -OCH3 is 1. The van der Waals surface area contributed by atoms with E-state index < -0.39 is 18.0 Å². The summed E-state index contributed by atoms with van der Waals surface area (Å²) in [6.45, 7) is 2.28. The van der Waals surface area contributed by atoms with Crippen molar-refractivity contribution in [2.24, 2.45) is 18.9 Å². The van der Waals surface area contributed by atoms with Crippen LogP contribution in [0.15, 0.2) is 48.0 Å².